The van der Waals surface area contributed by atoms with Gasteiger partial charge >= 0.3 is 6.18 Å². The van der Waals surface area contributed by atoms with Crippen molar-refractivity contribution in [2.45, 2.75) is 19.0 Å². The summed E-state index contributed by atoms with van der Waals surface area (Å²) in [7, 11) is 0. The van der Waals surface area contributed by atoms with Crippen molar-refractivity contribution in [1.29, 1.82) is 0 Å². The average Bonchev–Trinajstić information content (AvgIpc) is 2.16. The zero-order valence-corrected chi connectivity index (χ0v) is 9.58. The molecule has 0 radical (unpaired) electrons. The van der Waals surface area contributed by atoms with Gasteiger partial charge in [-0.1, -0.05) is 15.9 Å². The maximum atomic E-state index is 12.6. The molecular formula is C10H7BrF3NO. The third kappa shape index (κ3) is 2.07. The minimum atomic E-state index is -4.42. The Balaban J connectivity index is 2.51. The zero-order chi connectivity index (χ0) is 11.9. The quantitative estimate of drug-likeness (QED) is 0.781. The summed E-state index contributed by atoms with van der Waals surface area (Å²) in [6.07, 6.45) is -3.64. The number of amides is 1. The maximum absolute atomic E-state index is 12.6. The Morgan fingerprint density at radius 2 is 1.94 bits per heavy atom. The number of alkyl halides is 3. The Morgan fingerprint density at radius 3 is 2.56 bits per heavy atom. The summed E-state index contributed by atoms with van der Waals surface area (Å²) in [5, 5.41) is 2.44. The van der Waals surface area contributed by atoms with Crippen LogP contribution in [0, 0.1) is 0 Å². The summed E-state index contributed by atoms with van der Waals surface area (Å²) in [5.74, 6) is -0.247. The number of rotatable bonds is 0. The van der Waals surface area contributed by atoms with E-state index in [0.29, 0.717) is 12.8 Å². The van der Waals surface area contributed by atoms with E-state index in [1.54, 1.807) is 0 Å². The molecule has 0 fully saturated rings. The van der Waals surface area contributed by atoms with Crippen LogP contribution in [0.2, 0.25) is 0 Å². The van der Waals surface area contributed by atoms with Crippen LogP contribution in [-0.2, 0) is 17.4 Å². The fraction of sp³-hybridized carbons (Fsp3) is 0.300. The largest absolute Gasteiger partial charge is 0.417 e. The predicted molar refractivity (Wildman–Crippen MR) is 56.1 cm³/mol. The lowest BCUT2D eigenvalue weighted by Gasteiger charge is -2.19. The molecule has 0 spiro atoms. The Hall–Kier alpha value is -1.04. The molecule has 0 bridgehead atoms. The molecule has 1 heterocycles. The number of carbonyl (C=O) groups excluding carboxylic acids is 1. The fourth-order valence-corrected chi connectivity index (χ4v) is 2.23. The molecule has 1 N–H and O–H groups in total. The molecule has 16 heavy (non-hydrogen) atoms. The van der Waals surface area contributed by atoms with Crippen LogP contribution < -0.4 is 5.32 Å². The van der Waals surface area contributed by atoms with E-state index in [9.17, 15) is 18.0 Å². The summed E-state index contributed by atoms with van der Waals surface area (Å²) in [6, 6.07) is 2.38. The van der Waals surface area contributed by atoms with Crippen molar-refractivity contribution >= 4 is 27.5 Å². The molecule has 0 aromatic heterocycles. The van der Waals surface area contributed by atoms with Crippen LogP contribution in [0.4, 0.5) is 18.9 Å². The van der Waals surface area contributed by atoms with Crippen molar-refractivity contribution < 1.29 is 18.0 Å². The van der Waals surface area contributed by atoms with E-state index in [0.717, 1.165) is 11.6 Å². The van der Waals surface area contributed by atoms with Crippen LogP contribution in [-0.4, -0.2) is 5.91 Å². The molecule has 1 aliphatic heterocycles. The summed E-state index contributed by atoms with van der Waals surface area (Å²) in [4.78, 5) is 11.1. The first-order valence-corrected chi connectivity index (χ1v) is 5.36. The van der Waals surface area contributed by atoms with Gasteiger partial charge in [0.25, 0.3) is 0 Å². The molecule has 1 aromatic carbocycles. The van der Waals surface area contributed by atoms with Crippen LogP contribution in [0.25, 0.3) is 0 Å². The van der Waals surface area contributed by atoms with Crippen molar-refractivity contribution in [2.75, 3.05) is 5.32 Å². The van der Waals surface area contributed by atoms with E-state index in [1.165, 1.54) is 6.07 Å². The molecule has 0 unspecified atom stereocenters. The lowest BCUT2D eigenvalue weighted by Crippen LogP contribution is -2.20. The van der Waals surface area contributed by atoms with Gasteiger partial charge in [0.05, 0.1) is 5.56 Å². The van der Waals surface area contributed by atoms with Crippen molar-refractivity contribution in [1.82, 2.24) is 0 Å². The van der Waals surface area contributed by atoms with E-state index in [-0.39, 0.29) is 16.1 Å². The van der Waals surface area contributed by atoms with Gasteiger partial charge in [0.1, 0.15) is 0 Å². The van der Waals surface area contributed by atoms with E-state index < -0.39 is 11.7 Å². The highest BCUT2D eigenvalue weighted by molar-refractivity contribution is 9.10. The topological polar surface area (TPSA) is 29.1 Å². The summed E-state index contributed by atoms with van der Waals surface area (Å²) >= 11 is 2.89. The molecule has 6 heteroatoms. The Morgan fingerprint density at radius 1 is 1.25 bits per heavy atom. The van der Waals surface area contributed by atoms with Gasteiger partial charge in [0.2, 0.25) is 5.91 Å². The molecular weight excluding hydrogens is 287 g/mol. The van der Waals surface area contributed by atoms with Crippen LogP contribution in [0.15, 0.2) is 16.6 Å². The minimum Gasteiger partial charge on any atom is -0.326 e. The number of benzene rings is 1. The second-order valence-electron chi connectivity index (χ2n) is 3.54. The van der Waals surface area contributed by atoms with E-state index in [1.807, 2.05) is 0 Å². The van der Waals surface area contributed by atoms with Crippen LogP contribution >= 0.6 is 15.9 Å². The first-order valence-electron chi connectivity index (χ1n) is 4.57. The van der Waals surface area contributed by atoms with Crippen molar-refractivity contribution in [3.8, 4) is 0 Å². The number of anilines is 1. The average molecular weight is 294 g/mol. The van der Waals surface area contributed by atoms with Gasteiger partial charge in [0, 0.05) is 16.6 Å². The molecule has 0 aliphatic carbocycles. The predicted octanol–water partition coefficient (Wildman–Crippen LogP) is 3.35. The Bertz CT molecular complexity index is 456. The Labute approximate surface area is 98.0 Å². The number of nitrogens with one attached hydrogen (secondary N) is 1. The number of aryl methyl sites for hydroxylation is 1. The SMILES string of the molecule is O=C1CCc2cc(Br)c(C(F)(F)F)cc2N1. The molecule has 0 saturated heterocycles. The van der Waals surface area contributed by atoms with E-state index in [2.05, 4.69) is 21.2 Å². The van der Waals surface area contributed by atoms with Gasteiger partial charge in [-0.3, -0.25) is 4.79 Å². The lowest BCUT2D eigenvalue weighted by molar-refractivity contribution is -0.138. The van der Waals surface area contributed by atoms with Crippen molar-refractivity contribution in [2.24, 2.45) is 0 Å². The molecule has 2 nitrogen and oxygen atoms in total. The second kappa shape index (κ2) is 3.76. The molecule has 2 rings (SSSR count). The van der Waals surface area contributed by atoms with Crippen molar-refractivity contribution in [3.05, 3.63) is 27.7 Å². The third-order valence-electron chi connectivity index (χ3n) is 2.39. The maximum Gasteiger partial charge on any atom is 0.417 e. The smallest absolute Gasteiger partial charge is 0.326 e. The van der Waals surface area contributed by atoms with Gasteiger partial charge in [-0.25, -0.2) is 0 Å². The molecule has 1 aliphatic rings. The van der Waals surface area contributed by atoms with Gasteiger partial charge in [-0.15, -0.1) is 0 Å². The zero-order valence-electron chi connectivity index (χ0n) is 7.99. The molecule has 86 valence electrons. The number of hydrogen-bond donors (Lipinski definition) is 1. The normalized spacial score (nSPS) is 15.6. The van der Waals surface area contributed by atoms with Gasteiger partial charge < -0.3 is 5.32 Å². The monoisotopic (exact) mass is 293 g/mol. The second-order valence-corrected chi connectivity index (χ2v) is 4.39. The van der Waals surface area contributed by atoms with Crippen LogP contribution in [0.1, 0.15) is 17.5 Å². The highest BCUT2D eigenvalue weighted by Crippen LogP contribution is 2.39. The molecule has 0 atom stereocenters. The Kier molecular flexibility index (Phi) is 2.69. The molecule has 0 saturated carbocycles. The first-order chi connectivity index (χ1) is 7.38. The highest BCUT2D eigenvalue weighted by Gasteiger charge is 2.34. The highest BCUT2D eigenvalue weighted by atomic mass is 79.9. The number of carbonyl (C=O) groups is 1. The van der Waals surface area contributed by atoms with Gasteiger partial charge in [-0.05, 0) is 24.1 Å². The summed E-state index contributed by atoms with van der Waals surface area (Å²) in [6.45, 7) is 0. The van der Waals surface area contributed by atoms with Gasteiger partial charge in [-0.2, -0.15) is 13.2 Å². The van der Waals surface area contributed by atoms with E-state index >= 15 is 0 Å². The number of hydrogen-bond acceptors (Lipinski definition) is 1. The summed E-state index contributed by atoms with van der Waals surface area (Å²) < 4.78 is 37.7. The van der Waals surface area contributed by atoms with E-state index in [4.69, 9.17) is 0 Å². The summed E-state index contributed by atoms with van der Waals surface area (Å²) in [5.41, 5.74) is 0.208. The van der Waals surface area contributed by atoms with Gasteiger partial charge in [0.15, 0.2) is 0 Å². The minimum absolute atomic E-state index is 0.00917. The fourth-order valence-electron chi connectivity index (χ4n) is 1.62. The van der Waals surface area contributed by atoms with Crippen LogP contribution in [0.3, 0.4) is 0 Å². The number of halogens is 4. The third-order valence-corrected chi connectivity index (χ3v) is 3.05. The number of fused-ring (bicyclic) bond motifs is 1. The molecule has 1 amide bonds. The van der Waals surface area contributed by atoms with Crippen LogP contribution in [0.5, 0.6) is 0 Å². The molecule has 1 aromatic rings. The van der Waals surface area contributed by atoms with Crippen molar-refractivity contribution in [3.63, 3.8) is 0 Å². The first kappa shape index (κ1) is 11.4. The standard InChI is InChI=1S/C10H7BrF3NO/c11-7-3-5-1-2-9(16)15-8(5)4-6(7)10(12,13)14/h3-4H,1-2H2,(H,15,16). The lowest BCUT2D eigenvalue weighted by atomic mass is 10.0.